The average molecular weight is 478 g/mol. The molecule has 0 unspecified atom stereocenters. The van der Waals surface area contributed by atoms with Crippen molar-refractivity contribution in [3.8, 4) is 22.4 Å². The minimum Gasteiger partial charge on any atom is -0.374 e. The van der Waals surface area contributed by atoms with Crippen molar-refractivity contribution in [3.63, 3.8) is 0 Å². The summed E-state index contributed by atoms with van der Waals surface area (Å²) in [5, 5.41) is 5.48. The fraction of sp³-hybridized carbons (Fsp3) is 0.240. The molecule has 3 N–H and O–H groups in total. The number of fused-ring (bicyclic) bond motifs is 1. The normalized spacial score (nSPS) is 13.4. The van der Waals surface area contributed by atoms with Gasteiger partial charge in [-0.15, -0.1) is 0 Å². The number of aryl methyl sites for hydroxylation is 1. The van der Waals surface area contributed by atoms with Gasteiger partial charge in [-0.3, -0.25) is 9.48 Å². The summed E-state index contributed by atoms with van der Waals surface area (Å²) in [6, 6.07) is 6.89. The van der Waals surface area contributed by atoms with E-state index in [1.807, 2.05) is 6.07 Å². The minimum atomic E-state index is -0.686. The van der Waals surface area contributed by atoms with Gasteiger partial charge in [0.1, 0.15) is 5.82 Å². The van der Waals surface area contributed by atoms with Crippen LogP contribution >= 0.6 is 11.6 Å². The van der Waals surface area contributed by atoms with Crippen molar-refractivity contribution < 1.29 is 9.13 Å². The number of halogens is 2. The number of aromatic nitrogens is 3. The smallest absolute Gasteiger partial charge is 0.255 e. The van der Waals surface area contributed by atoms with Crippen molar-refractivity contribution in [3.05, 3.63) is 80.4 Å². The molecule has 9 heteroatoms. The summed E-state index contributed by atoms with van der Waals surface area (Å²) in [6.07, 6.45) is 5.34. The first-order valence-electron chi connectivity index (χ1n) is 10.8. The fourth-order valence-corrected chi connectivity index (χ4v) is 4.33. The van der Waals surface area contributed by atoms with E-state index in [9.17, 15) is 4.79 Å². The van der Waals surface area contributed by atoms with Crippen LogP contribution in [0.15, 0.2) is 41.5 Å². The van der Waals surface area contributed by atoms with E-state index in [-0.39, 0.29) is 41.1 Å². The zero-order valence-corrected chi connectivity index (χ0v) is 19.1. The highest BCUT2D eigenvalue weighted by Gasteiger charge is 2.26. The van der Waals surface area contributed by atoms with Crippen molar-refractivity contribution in [1.29, 1.82) is 0 Å². The summed E-state index contributed by atoms with van der Waals surface area (Å²) in [4.78, 5) is 18.5. The van der Waals surface area contributed by atoms with E-state index in [1.54, 1.807) is 37.6 Å². The lowest BCUT2D eigenvalue weighted by molar-refractivity contribution is 0.106. The Morgan fingerprint density at radius 1 is 1.32 bits per heavy atom. The lowest BCUT2D eigenvalue weighted by atomic mass is 9.96. The van der Waals surface area contributed by atoms with Gasteiger partial charge in [0.25, 0.3) is 5.56 Å². The lowest BCUT2D eigenvalue weighted by Gasteiger charge is -2.15. The third-order valence-corrected chi connectivity index (χ3v) is 6.48. The molecule has 1 aliphatic carbocycles. The third-order valence-electron chi connectivity index (χ3n) is 6.07. The Morgan fingerprint density at radius 3 is 2.82 bits per heavy atom. The predicted molar refractivity (Wildman–Crippen MR) is 129 cm³/mol. The summed E-state index contributed by atoms with van der Waals surface area (Å²) in [6.45, 7) is 8.10. The molecule has 34 heavy (non-hydrogen) atoms. The minimum absolute atomic E-state index is 0.0642. The molecule has 0 spiro atoms. The van der Waals surface area contributed by atoms with Crippen molar-refractivity contribution in [2.24, 2.45) is 12.8 Å². The van der Waals surface area contributed by atoms with E-state index in [0.29, 0.717) is 33.2 Å². The molecule has 0 bridgehead atoms. The largest absolute Gasteiger partial charge is 0.374 e. The molecule has 0 amide bonds. The first-order valence-corrected chi connectivity index (χ1v) is 11.2. The molecule has 7 nitrogen and oxygen atoms in total. The SMILES string of the molecule is [C-]#[N+]c1cc(COC2CC2)c(Cl)c(F)c1-c1c(-c2ccc3c(=O)[nH]cc(CN)c3c2)cnn1C. The van der Waals surface area contributed by atoms with Gasteiger partial charge in [0.15, 0.2) is 5.69 Å². The van der Waals surface area contributed by atoms with E-state index in [1.165, 1.54) is 4.68 Å². The van der Waals surface area contributed by atoms with E-state index >= 15 is 4.39 Å². The molecular formula is C25H21ClFN5O2. The number of rotatable bonds is 6. The number of hydrogen-bond acceptors (Lipinski definition) is 4. The second-order valence-corrected chi connectivity index (χ2v) is 8.70. The number of pyridine rings is 1. The molecular weight excluding hydrogens is 457 g/mol. The Bertz CT molecular complexity index is 1530. The van der Waals surface area contributed by atoms with Crippen LogP contribution in [0.25, 0.3) is 38.0 Å². The Kier molecular flexibility index (Phi) is 5.70. The van der Waals surface area contributed by atoms with Crippen molar-refractivity contribution in [2.75, 3.05) is 0 Å². The van der Waals surface area contributed by atoms with Crippen LogP contribution in [0, 0.1) is 12.4 Å². The highest BCUT2D eigenvalue weighted by atomic mass is 35.5. The van der Waals surface area contributed by atoms with Gasteiger partial charge < -0.3 is 15.5 Å². The molecule has 1 aliphatic rings. The van der Waals surface area contributed by atoms with E-state index in [4.69, 9.17) is 28.6 Å². The molecule has 1 fully saturated rings. The Morgan fingerprint density at radius 2 is 2.12 bits per heavy atom. The van der Waals surface area contributed by atoms with Crippen LogP contribution in [0.2, 0.25) is 5.02 Å². The number of nitrogens with zero attached hydrogens (tertiary/aromatic N) is 3. The first-order chi connectivity index (χ1) is 16.4. The van der Waals surface area contributed by atoms with Gasteiger partial charge >= 0.3 is 0 Å². The van der Waals surface area contributed by atoms with E-state index in [2.05, 4.69) is 14.9 Å². The van der Waals surface area contributed by atoms with Gasteiger partial charge in [-0.05, 0) is 53.1 Å². The second kappa shape index (κ2) is 8.69. The molecule has 0 saturated heterocycles. The molecule has 172 valence electrons. The van der Waals surface area contributed by atoms with Crippen LogP contribution in [0.1, 0.15) is 24.0 Å². The van der Waals surface area contributed by atoms with Crippen LogP contribution in [0.3, 0.4) is 0 Å². The molecule has 2 heterocycles. The van der Waals surface area contributed by atoms with Crippen LogP contribution in [-0.2, 0) is 24.9 Å². The molecule has 5 rings (SSSR count). The lowest BCUT2D eigenvalue weighted by Crippen LogP contribution is -2.09. The number of H-pyrrole nitrogens is 1. The first kappa shape index (κ1) is 22.3. The zero-order chi connectivity index (χ0) is 24.0. The number of ether oxygens (including phenoxy) is 1. The number of nitrogens with two attached hydrogens (primary N) is 1. The maximum Gasteiger partial charge on any atom is 0.255 e. The monoisotopic (exact) mass is 477 g/mol. The standard InChI is InChI=1S/C25H21ClFN5O2/c1-29-20-8-14(12-34-16-4-5-16)22(26)23(27)21(20)24-19(11-31-32(24)2)13-3-6-17-18(7-13)15(9-28)10-30-25(17)33/h3,6-8,10-11,16H,4-5,9,12,28H2,2H3,(H,30,33). The van der Waals surface area contributed by atoms with E-state index in [0.717, 1.165) is 18.4 Å². The highest BCUT2D eigenvalue weighted by Crippen LogP contribution is 2.43. The molecule has 0 atom stereocenters. The van der Waals surface area contributed by atoms with Gasteiger partial charge in [-0.2, -0.15) is 5.10 Å². The fourth-order valence-electron chi connectivity index (χ4n) is 4.12. The average Bonchev–Trinajstić information content (AvgIpc) is 3.60. The van der Waals surface area contributed by atoms with Gasteiger partial charge in [0, 0.05) is 36.3 Å². The summed E-state index contributed by atoms with van der Waals surface area (Å²) < 4.78 is 22.9. The molecule has 4 aromatic rings. The Balaban J connectivity index is 1.68. The molecule has 2 aromatic heterocycles. The topological polar surface area (TPSA) is 90.3 Å². The van der Waals surface area contributed by atoms with Crippen LogP contribution in [-0.4, -0.2) is 20.9 Å². The third kappa shape index (κ3) is 3.78. The quantitative estimate of drug-likeness (QED) is 0.379. The zero-order valence-electron chi connectivity index (χ0n) is 18.4. The molecule has 2 aromatic carbocycles. The van der Waals surface area contributed by atoms with E-state index < -0.39 is 5.82 Å². The molecule has 0 radical (unpaired) electrons. The Hall–Kier alpha value is -3.51. The van der Waals surface area contributed by atoms with Crippen molar-refractivity contribution in [2.45, 2.75) is 32.1 Å². The number of hydrogen-bond donors (Lipinski definition) is 2. The predicted octanol–water partition coefficient (Wildman–Crippen LogP) is 5.08. The van der Waals surface area contributed by atoms with Crippen molar-refractivity contribution in [1.82, 2.24) is 14.8 Å². The number of aromatic amines is 1. The second-order valence-electron chi connectivity index (χ2n) is 8.32. The molecule has 1 saturated carbocycles. The highest BCUT2D eigenvalue weighted by molar-refractivity contribution is 6.32. The summed E-state index contributed by atoms with van der Waals surface area (Å²) in [5.41, 5.74) is 8.81. The van der Waals surface area contributed by atoms with Crippen molar-refractivity contribution >= 4 is 28.1 Å². The van der Waals surface area contributed by atoms with Gasteiger partial charge in [0.2, 0.25) is 0 Å². The maximum absolute atomic E-state index is 15.7. The summed E-state index contributed by atoms with van der Waals surface area (Å²) in [5.74, 6) is -0.686. The number of benzene rings is 2. The summed E-state index contributed by atoms with van der Waals surface area (Å²) in [7, 11) is 1.68. The van der Waals surface area contributed by atoms with Crippen LogP contribution in [0.5, 0.6) is 0 Å². The maximum atomic E-state index is 15.7. The van der Waals surface area contributed by atoms with Crippen LogP contribution < -0.4 is 11.3 Å². The Labute approximate surface area is 199 Å². The number of nitrogens with one attached hydrogen (secondary N) is 1. The molecule has 0 aliphatic heterocycles. The van der Waals surface area contributed by atoms with Gasteiger partial charge in [-0.25, -0.2) is 9.24 Å². The van der Waals surface area contributed by atoms with Gasteiger partial charge in [-0.1, -0.05) is 17.7 Å². The summed E-state index contributed by atoms with van der Waals surface area (Å²) >= 11 is 6.39. The van der Waals surface area contributed by atoms with Crippen LogP contribution in [0.4, 0.5) is 10.1 Å². The van der Waals surface area contributed by atoms with Gasteiger partial charge in [0.05, 0.1) is 36.2 Å².